The first-order valence-electron chi connectivity index (χ1n) is 8.95. The van der Waals surface area contributed by atoms with E-state index < -0.39 is 0 Å². The highest BCUT2D eigenvalue weighted by molar-refractivity contribution is 5.80. The lowest BCUT2D eigenvalue weighted by atomic mass is 9.73. The average Bonchev–Trinajstić information content (AvgIpc) is 2.36. The Labute approximate surface area is 143 Å². The number of benzene rings is 1. The van der Waals surface area contributed by atoms with Crippen LogP contribution >= 0.6 is 0 Å². The Hall–Kier alpha value is -1.31. The number of carbonyl (C=O) groups excluding carboxylic acids is 1. The van der Waals surface area contributed by atoms with Crippen molar-refractivity contribution in [1.82, 2.24) is 5.32 Å². The van der Waals surface area contributed by atoms with Gasteiger partial charge in [0.25, 0.3) is 0 Å². The first-order valence-corrected chi connectivity index (χ1v) is 8.95. The van der Waals surface area contributed by atoms with Crippen molar-refractivity contribution < 1.29 is 4.79 Å². The van der Waals surface area contributed by atoms with Gasteiger partial charge in [0.2, 0.25) is 5.91 Å². The van der Waals surface area contributed by atoms with E-state index in [1.54, 1.807) is 0 Å². The van der Waals surface area contributed by atoms with Crippen LogP contribution in [0.4, 0.5) is 0 Å². The summed E-state index contributed by atoms with van der Waals surface area (Å²) in [6.07, 6.45) is 1.91. The lowest BCUT2D eigenvalue weighted by Gasteiger charge is -2.34. The van der Waals surface area contributed by atoms with Crippen molar-refractivity contribution in [1.29, 1.82) is 0 Å². The van der Waals surface area contributed by atoms with Crippen molar-refractivity contribution in [3.05, 3.63) is 35.9 Å². The maximum atomic E-state index is 12.9. The van der Waals surface area contributed by atoms with Gasteiger partial charge in [-0.1, -0.05) is 78.8 Å². The zero-order chi connectivity index (χ0) is 17.6. The molecule has 2 atom stereocenters. The molecule has 1 N–H and O–H groups in total. The molecule has 0 aromatic heterocycles. The molecule has 0 unspecified atom stereocenters. The molecule has 0 fully saturated rings. The van der Waals surface area contributed by atoms with Crippen LogP contribution in [-0.4, -0.2) is 11.9 Å². The molecule has 0 aliphatic carbocycles. The summed E-state index contributed by atoms with van der Waals surface area (Å²) in [4.78, 5) is 12.9. The Bertz CT molecular complexity index is 470. The van der Waals surface area contributed by atoms with Crippen LogP contribution in [0.15, 0.2) is 30.3 Å². The molecule has 0 bridgehead atoms. The minimum Gasteiger partial charge on any atom is -0.353 e. The Morgan fingerprint density at radius 1 is 1.04 bits per heavy atom. The number of carbonyl (C=O) groups is 1. The van der Waals surface area contributed by atoms with E-state index >= 15 is 0 Å². The second-order valence-electron chi connectivity index (χ2n) is 8.61. The standard InChI is InChI=1S/C21H35NO/c1-15(2)13-18(14-17-11-9-8-10-12-17)22-20(23)19(16(3)4)21(5,6)7/h8-12,15-16,18-19H,13-14H2,1-7H3,(H,22,23)/t18-,19-/m1/s1. The molecule has 1 rings (SSSR count). The number of hydrogen-bond acceptors (Lipinski definition) is 1. The van der Waals surface area contributed by atoms with E-state index in [0.29, 0.717) is 11.8 Å². The Balaban J connectivity index is 2.85. The maximum Gasteiger partial charge on any atom is 0.224 e. The fraction of sp³-hybridized carbons (Fsp3) is 0.667. The van der Waals surface area contributed by atoms with Crippen molar-refractivity contribution in [2.75, 3.05) is 0 Å². The zero-order valence-corrected chi connectivity index (χ0v) is 16.0. The summed E-state index contributed by atoms with van der Waals surface area (Å²) in [5.41, 5.74) is 1.27. The minimum atomic E-state index is -0.0205. The molecule has 0 radical (unpaired) electrons. The quantitative estimate of drug-likeness (QED) is 0.746. The van der Waals surface area contributed by atoms with Crippen LogP contribution in [0.5, 0.6) is 0 Å². The molecule has 0 saturated heterocycles. The summed E-state index contributed by atoms with van der Waals surface area (Å²) in [6, 6.07) is 10.7. The molecular formula is C21H35NO. The van der Waals surface area contributed by atoms with Crippen molar-refractivity contribution >= 4 is 5.91 Å². The van der Waals surface area contributed by atoms with Gasteiger partial charge in [0.1, 0.15) is 0 Å². The van der Waals surface area contributed by atoms with Crippen LogP contribution in [0.3, 0.4) is 0 Å². The zero-order valence-electron chi connectivity index (χ0n) is 16.0. The summed E-state index contributed by atoms with van der Waals surface area (Å²) in [5, 5.41) is 3.35. The van der Waals surface area contributed by atoms with E-state index in [0.717, 1.165) is 12.8 Å². The normalized spacial score (nSPS) is 14.8. The molecule has 23 heavy (non-hydrogen) atoms. The Morgan fingerprint density at radius 2 is 1.61 bits per heavy atom. The van der Waals surface area contributed by atoms with Crippen LogP contribution in [0.2, 0.25) is 0 Å². The van der Waals surface area contributed by atoms with Gasteiger partial charge in [-0.3, -0.25) is 4.79 Å². The summed E-state index contributed by atoms with van der Waals surface area (Å²) >= 11 is 0. The molecule has 0 heterocycles. The molecule has 1 aromatic carbocycles. The SMILES string of the molecule is CC(C)C[C@H](Cc1ccccc1)NC(=O)[C@@H](C(C)C)C(C)(C)C. The van der Waals surface area contributed by atoms with Gasteiger partial charge in [-0.2, -0.15) is 0 Å². The van der Waals surface area contributed by atoms with Crippen molar-refractivity contribution in [3.8, 4) is 0 Å². The van der Waals surface area contributed by atoms with E-state index in [2.05, 4.69) is 78.0 Å². The Morgan fingerprint density at radius 3 is 2.04 bits per heavy atom. The predicted octanol–water partition coefficient (Wildman–Crippen LogP) is 5.08. The van der Waals surface area contributed by atoms with E-state index in [-0.39, 0.29) is 23.3 Å². The van der Waals surface area contributed by atoms with E-state index in [4.69, 9.17) is 0 Å². The topological polar surface area (TPSA) is 29.1 Å². The van der Waals surface area contributed by atoms with Crippen LogP contribution in [0, 0.1) is 23.2 Å². The largest absolute Gasteiger partial charge is 0.353 e. The van der Waals surface area contributed by atoms with E-state index in [1.807, 2.05) is 6.07 Å². The summed E-state index contributed by atoms with van der Waals surface area (Å²) in [7, 11) is 0. The van der Waals surface area contributed by atoms with Crippen molar-refractivity contribution in [2.24, 2.45) is 23.2 Å². The van der Waals surface area contributed by atoms with E-state index in [9.17, 15) is 4.79 Å². The van der Waals surface area contributed by atoms with Gasteiger partial charge in [-0.15, -0.1) is 0 Å². The van der Waals surface area contributed by atoms with Crippen LogP contribution in [0.25, 0.3) is 0 Å². The molecule has 1 aromatic rings. The minimum absolute atomic E-state index is 0.0205. The molecule has 0 aliphatic heterocycles. The van der Waals surface area contributed by atoms with Gasteiger partial charge in [0.05, 0.1) is 0 Å². The van der Waals surface area contributed by atoms with Gasteiger partial charge in [0, 0.05) is 12.0 Å². The third-order valence-electron chi connectivity index (χ3n) is 4.31. The van der Waals surface area contributed by atoms with E-state index in [1.165, 1.54) is 5.56 Å². The molecular weight excluding hydrogens is 282 g/mol. The highest BCUT2D eigenvalue weighted by Crippen LogP contribution is 2.32. The fourth-order valence-electron chi connectivity index (χ4n) is 3.65. The number of hydrogen-bond donors (Lipinski definition) is 1. The van der Waals surface area contributed by atoms with Gasteiger partial charge >= 0.3 is 0 Å². The van der Waals surface area contributed by atoms with Crippen molar-refractivity contribution in [3.63, 3.8) is 0 Å². The lowest BCUT2D eigenvalue weighted by molar-refractivity contribution is -0.131. The summed E-state index contributed by atoms with van der Waals surface area (Å²) in [5.74, 6) is 1.14. The monoisotopic (exact) mass is 317 g/mol. The highest BCUT2D eigenvalue weighted by atomic mass is 16.2. The average molecular weight is 318 g/mol. The van der Waals surface area contributed by atoms with Gasteiger partial charge in [0.15, 0.2) is 0 Å². The number of rotatable bonds is 7. The van der Waals surface area contributed by atoms with Crippen LogP contribution in [-0.2, 0) is 11.2 Å². The fourth-order valence-corrected chi connectivity index (χ4v) is 3.65. The summed E-state index contributed by atoms with van der Waals surface area (Å²) < 4.78 is 0. The van der Waals surface area contributed by atoms with Crippen molar-refractivity contribution in [2.45, 2.75) is 67.3 Å². The molecule has 0 saturated carbocycles. The third kappa shape index (κ3) is 6.76. The first-order chi connectivity index (χ1) is 10.6. The number of amides is 1. The van der Waals surface area contributed by atoms with Crippen LogP contribution in [0.1, 0.15) is 60.5 Å². The smallest absolute Gasteiger partial charge is 0.224 e. The molecule has 0 spiro atoms. The van der Waals surface area contributed by atoms with Gasteiger partial charge in [-0.25, -0.2) is 0 Å². The Kier molecular flexibility index (Phi) is 7.31. The summed E-state index contributed by atoms with van der Waals surface area (Å²) in [6.45, 7) is 15.2. The molecule has 2 nitrogen and oxygen atoms in total. The molecule has 1 amide bonds. The predicted molar refractivity (Wildman–Crippen MR) is 99.3 cm³/mol. The lowest BCUT2D eigenvalue weighted by Crippen LogP contribution is -2.46. The number of nitrogens with one attached hydrogen (secondary N) is 1. The first kappa shape index (κ1) is 19.7. The third-order valence-corrected chi connectivity index (χ3v) is 4.31. The highest BCUT2D eigenvalue weighted by Gasteiger charge is 2.34. The van der Waals surface area contributed by atoms with Crippen LogP contribution < -0.4 is 5.32 Å². The van der Waals surface area contributed by atoms with Gasteiger partial charge in [-0.05, 0) is 35.7 Å². The van der Waals surface area contributed by atoms with Gasteiger partial charge < -0.3 is 5.32 Å². The second kappa shape index (κ2) is 8.52. The maximum absolute atomic E-state index is 12.9. The molecule has 130 valence electrons. The second-order valence-corrected chi connectivity index (χ2v) is 8.61. The molecule has 2 heteroatoms. The molecule has 0 aliphatic rings.